The molecule has 1 aromatic carbocycles. The average molecular weight is 353 g/mol. The Morgan fingerprint density at radius 1 is 1.24 bits per heavy atom. The topological polar surface area (TPSA) is 51.2 Å². The molecule has 0 unspecified atom stereocenters. The van der Waals surface area contributed by atoms with Gasteiger partial charge in [-0.15, -0.1) is 0 Å². The maximum absolute atomic E-state index is 13.9. The lowest BCUT2D eigenvalue weighted by atomic mass is 10.2. The van der Waals surface area contributed by atoms with Crippen LogP contribution in [-0.2, 0) is 4.79 Å². The minimum Gasteiger partial charge on any atom is -0.366 e. The predicted octanol–water partition coefficient (Wildman–Crippen LogP) is 1.14. The van der Waals surface area contributed by atoms with Crippen molar-refractivity contribution in [3.05, 3.63) is 29.8 Å². The third-order valence-electron chi connectivity index (χ3n) is 4.16. The van der Waals surface area contributed by atoms with Crippen LogP contribution in [0.15, 0.2) is 23.2 Å². The second-order valence-corrected chi connectivity index (χ2v) is 6.08. The number of hydrogen-bond acceptors (Lipinski definition) is 3. The molecule has 0 radical (unpaired) electrons. The number of rotatable bonds is 4. The highest BCUT2D eigenvalue weighted by Crippen LogP contribution is 2.21. The molecule has 0 atom stereocenters. The molecule has 1 aliphatic heterocycles. The molecular weight excluding hydrogens is 328 g/mol. The number of hydrogen-bond donors (Lipinski definition) is 1. The van der Waals surface area contributed by atoms with Crippen molar-refractivity contribution in [1.29, 1.82) is 0 Å². The largest absolute Gasteiger partial charge is 0.366 e. The van der Waals surface area contributed by atoms with Gasteiger partial charge in [0.05, 0.1) is 5.69 Å². The Hall–Kier alpha value is -2.38. The number of amides is 1. The van der Waals surface area contributed by atoms with Crippen molar-refractivity contribution in [3.8, 4) is 0 Å². The van der Waals surface area contributed by atoms with Gasteiger partial charge in [0.1, 0.15) is 11.6 Å². The van der Waals surface area contributed by atoms with Gasteiger partial charge < -0.3 is 20.0 Å². The minimum absolute atomic E-state index is 0.0503. The van der Waals surface area contributed by atoms with E-state index in [0.717, 1.165) is 12.1 Å². The van der Waals surface area contributed by atoms with Crippen molar-refractivity contribution in [2.45, 2.75) is 6.42 Å². The first kappa shape index (κ1) is 19.0. The van der Waals surface area contributed by atoms with Crippen molar-refractivity contribution < 1.29 is 13.6 Å². The normalized spacial score (nSPS) is 15.3. The van der Waals surface area contributed by atoms with E-state index in [2.05, 4.69) is 10.3 Å². The molecule has 2 rings (SSSR count). The van der Waals surface area contributed by atoms with Crippen molar-refractivity contribution in [3.63, 3.8) is 0 Å². The van der Waals surface area contributed by atoms with Gasteiger partial charge >= 0.3 is 0 Å². The van der Waals surface area contributed by atoms with Crippen LogP contribution in [0.5, 0.6) is 0 Å². The monoisotopic (exact) mass is 353 g/mol. The van der Waals surface area contributed by atoms with Gasteiger partial charge in [0.2, 0.25) is 5.91 Å². The molecule has 1 amide bonds. The summed E-state index contributed by atoms with van der Waals surface area (Å²) in [6.07, 6.45) is 0.389. The minimum atomic E-state index is -0.443. The molecule has 1 aliphatic rings. The smallest absolute Gasteiger partial charge is 0.223 e. The van der Waals surface area contributed by atoms with Gasteiger partial charge in [0.15, 0.2) is 5.96 Å². The third kappa shape index (κ3) is 5.04. The molecule has 0 saturated carbocycles. The summed E-state index contributed by atoms with van der Waals surface area (Å²) in [5.41, 5.74) is 0.291. The van der Waals surface area contributed by atoms with Crippen LogP contribution >= 0.6 is 0 Å². The Balaban J connectivity index is 1.87. The first-order valence-electron chi connectivity index (χ1n) is 8.28. The first-order valence-corrected chi connectivity index (χ1v) is 8.28. The number of nitrogens with one attached hydrogen (secondary N) is 1. The number of anilines is 1. The zero-order valence-corrected chi connectivity index (χ0v) is 14.9. The molecule has 1 N–H and O–H groups in total. The highest BCUT2D eigenvalue weighted by Gasteiger charge is 2.22. The molecule has 0 aliphatic carbocycles. The number of benzene rings is 1. The lowest BCUT2D eigenvalue weighted by Gasteiger charge is -2.37. The number of carbonyl (C=O) groups excluding carboxylic acids is 1. The molecule has 0 spiro atoms. The van der Waals surface area contributed by atoms with E-state index < -0.39 is 11.6 Å². The Bertz CT molecular complexity index is 627. The summed E-state index contributed by atoms with van der Waals surface area (Å²) in [5, 5.41) is 3.18. The molecule has 1 fully saturated rings. The van der Waals surface area contributed by atoms with Crippen LogP contribution in [0.1, 0.15) is 6.42 Å². The molecular formula is C17H25F2N5O. The fourth-order valence-electron chi connectivity index (χ4n) is 2.72. The van der Waals surface area contributed by atoms with Crippen molar-refractivity contribution >= 4 is 17.6 Å². The Labute approximate surface area is 147 Å². The van der Waals surface area contributed by atoms with Crippen molar-refractivity contribution in [2.75, 3.05) is 58.8 Å². The first-order chi connectivity index (χ1) is 11.9. The SMILES string of the molecule is CN=C(NCCC(=O)N(C)C)N1CCN(c2cc(F)ccc2F)CC1. The number of aliphatic imine (C=N–C) groups is 1. The third-order valence-corrected chi connectivity index (χ3v) is 4.16. The fourth-order valence-corrected chi connectivity index (χ4v) is 2.72. The second-order valence-electron chi connectivity index (χ2n) is 6.08. The summed E-state index contributed by atoms with van der Waals surface area (Å²) in [5.74, 6) is -0.0957. The highest BCUT2D eigenvalue weighted by molar-refractivity contribution is 5.81. The van der Waals surface area contributed by atoms with Crippen molar-refractivity contribution in [1.82, 2.24) is 15.1 Å². The summed E-state index contributed by atoms with van der Waals surface area (Å²) < 4.78 is 27.2. The van der Waals surface area contributed by atoms with Gasteiger partial charge in [-0.3, -0.25) is 9.79 Å². The Morgan fingerprint density at radius 2 is 1.92 bits per heavy atom. The maximum atomic E-state index is 13.9. The number of halogens is 2. The molecule has 0 bridgehead atoms. The van der Waals surface area contributed by atoms with Crippen molar-refractivity contribution in [2.24, 2.45) is 4.99 Å². The number of piperazine rings is 1. The molecule has 1 saturated heterocycles. The number of nitrogens with zero attached hydrogens (tertiary/aromatic N) is 4. The van der Waals surface area contributed by atoms with Crippen LogP contribution in [-0.4, -0.2) is 75.5 Å². The average Bonchev–Trinajstić information content (AvgIpc) is 2.61. The fraction of sp³-hybridized carbons (Fsp3) is 0.529. The van der Waals surface area contributed by atoms with Gasteiger partial charge in [0, 0.05) is 66.4 Å². The van der Waals surface area contributed by atoms with Crippen LogP contribution in [0.4, 0.5) is 14.5 Å². The molecule has 8 heteroatoms. The zero-order chi connectivity index (χ0) is 18.4. The molecule has 138 valence electrons. The van der Waals surface area contributed by atoms with E-state index in [-0.39, 0.29) is 5.91 Å². The number of carbonyl (C=O) groups is 1. The van der Waals surface area contributed by atoms with E-state index in [1.165, 1.54) is 6.07 Å². The molecule has 25 heavy (non-hydrogen) atoms. The summed E-state index contributed by atoms with van der Waals surface area (Å²) in [6.45, 7) is 2.91. The van der Waals surface area contributed by atoms with Gasteiger partial charge in [-0.05, 0) is 12.1 Å². The van der Waals surface area contributed by atoms with Gasteiger partial charge in [0.25, 0.3) is 0 Å². The van der Waals surface area contributed by atoms with E-state index in [4.69, 9.17) is 0 Å². The van der Waals surface area contributed by atoms with Crippen LogP contribution in [0, 0.1) is 11.6 Å². The second kappa shape index (κ2) is 8.64. The van der Waals surface area contributed by atoms with Crippen LogP contribution in [0.3, 0.4) is 0 Å². The van der Waals surface area contributed by atoms with Gasteiger partial charge in [-0.2, -0.15) is 0 Å². The Kier molecular flexibility index (Phi) is 6.55. The molecule has 1 heterocycles. The van der Waals surface area contributed by atoms with Crippen LogP contribution in [0.2, 0.25) is 0 Å². The van der Waals surface area contributed by atoms with Crippen LogP contribution < -0.4 is 10.2 Å². The lowest BCUT2D eigenvalue weighted by Crippen LogP contribution is -2.53. The van der Waals surface area contributed by atoms with E-state index in [1.54, 1.807) is 26.0 Å². The van der Waals surface area contributed by atoms with E-state index in [0.29, 0.717) is 50.8 Å². The predicted molar refractivity (Wildman–Crippen MR) is 94.8 cm³/mol. The molecule has 0 aromatic heterocycles. The van der Waals surface area contributed by atoms with Crippen LogP contribution in [0.25, 0.3) is 0 Å². The van der Waals surface area contributed by atoms with E-state index >= 15 is 0 Å². The van der Waals surface area contributed by atoms with E-state index in [9.17, 15) is 13.6 Å². The molecule has 1 aromatic rings. The lowest BCUT2D eigenvalue weighted by molar-refractivity contribution is -0.128. The maximum Gasteiger partial charge on any atom is 0.223 e. The van der Waals surface area contributed by atoms with Gasteiger partial charge in [-0.1, -0.05) is 0 Å². The summed E-state index contributed by atoms with van der Waals surface area (Å²) in [7, 11) is 5.14. The standard InChI is InChI=1S/C17H25F2N5O/c1-20-17(21-7-6-16(25)22(2)3)24-10-8-23(9-11-24)15-12-13(18)4-5-14(15)19/h4-5,12H,6-11H2,1-3H3,(H,20,21). The Morgan fingerprint density at radius 3 is 2.52 bits per heavy atom. The summed E-state index contributed by atoms with van der Waals surface area (Å²) in [4.78, 5) is 21.3. The summed E-state index contributed by atoms with van der Waals surface area (Å²) >= 11 is 0. The zero-order valence-electron chi connectivity index (χ0n) is 14.9. The quantitative estimate of drug-likeness (QED) is 0.652. The highest BCUT2D eigenvalue weighted by atomic mass is 19.1. The number of guanidine groups is 1. The van der Waals surface area contributed by atoms with E-state index in [1.807, 2.05) is 9.80 Å². The van der Waals surface area contributed by atoms with Gasteiger partial charge in [-0.25, -0.2) is 8.78 Å². The summed E-state index contributed by atoms with van der Waals surface area (Å²) in [6, 6.07) is 3.50. The molecule has 6 nitrogen and oxygen atoms in total.